The van der Waals surface area contributed by atoms with Crippen molar-refractivity contribution in [2.45, 2.75) is 0 Å². The highest BCUT2D eigenvalue weighted by atomic mass is 16.6. The minimum Gasteiger partial charge on any atom is -0.258 e. The van der Waals surface area contributed by atoms with Crippen molar-refractivity contribution >= 4 is 18.1 Å². The van der Waals surface area contributed by atoms with Gasteiger partial charge < -0.3 is 0 Å². The fourth-order valence-electron chi connectivity index (χ4n) is 1.42. The van der Waals surface area contributed by atoms with Gasteiger partial charge in [0.15, 0.2) is 0 Å². The molecule has 0 atom stereocenters. The lowest BCUT2D eigenvalue weighted by Crippen LogP contribution is -1.88. The van der Waals surface area contributed by atoms with Crippen molar-refractivity contribution in [3.63, 3.8) is 0 Å². The van der Waals surface area contributed by atoms with Crippen molar-refractivity contribution in [3.8, 4) is 0 Å². The van der Waals surface area contributed by atoms with Crippen LogP contribution in [0.4, 0.5) is 5.69 Å². The average molecular weight is 253 g/mol. The highest BCUT2D eigenvalue weighted by Crippen LogP contribution is 2.10. The maximum absolute atomic E-state index is 10.5. The van der Waals surface area contributed by atoms with Crippen molar-refractivity contribution < 1.29 is 4.92 Å². The number of benzene rings is 2. The number of hydrogen-bond donors (Lipinski definition) is 0. The van der Waals surface area contributed by atoms with Gasteiger partial charge in [0.2, 0.25) is 0 Å². The molecule has 0 aliphatic carbocycles. The fraction of sp³-hybridized carbons (Fsp3) is 0. The van der Waals surface area contributed by atoms with Crippen LogP contribution in [0.3, 0.4) is 0 Å². The van der Waals surface area contributed by atoms with E-state index in [1.165, 1.54) is 12.1 Å². The third-order valence-electron chi connectivity index (χ3n) is 2.38. The first kappa shape index (κ1) is 12.6. The van der Waals surface area contributed by atoms with Crippen LogP contribution in [-0.4, -0.2) is 17.4 Å². The molecule has 2 rings (SSSR count). The molecule has 94 valence electrons. The Labute approximate surface area is 110 Å². The van der Waals surface area contributed by atoms with Crippen LogP contribution in [0.2, 0.25) is 0 Å². The maximum atomic E-state index is 10.5. The van der Waals surface area contributed by atoms with Gasteiger partial charge in [-0.2, -0.15) is 10.2 Å². The van der Waals surface area contributed by atoms with Gasteiger partial charge in [0.1, 0.15) is 0 Å². The Balaban J connectivity index is 1.99. The van der Waals surface area contributed by atoms with E-state index < -0.39 is 4.92 Å². The second-order valence-electron chi connectivity index (χ2n) is 3.75. The monoisotopic (exact) mass is 253 g/mol. The molecule has 5 nitrogen and oxygen atoms in total. The summed E-state index contributed by atoms with van der Waals surface area (Å²) in [7, 11) is 0. The lowest BCUT2D eigenvalue weighted by molar-refractivity contribution is -0.384. The highest BCUT2D eigenvalue weighted by Gasteiger charge is 2.02. The topological polar surface area (TPSA) is 67.9 Å². The van der Waals surface area contributed by atoms with Gasteiger partial charge >= 0.3 is 0 Å². The van der Waals surface area contributed by atoms with Crippen LogP contribution in [0.1, 0.15) is 11.1 Å². The van der Waals surface area contributed by atoms with Crippen LogP contribution < -0.4 is 0 Å². The van der Waals surface area contributed by atoms with Crippen molar-refractivity contribution in [1.29, 1.82) is 0 Å². The van der Waals surface area contributed by atoms with Gasteiger partial charge in [-0.3, -0.25) is 10.1 Å². The highest BCUT2D eigenvalue weighted by molar-refractivity contribution is 5.82. The summed E-state index contributed by atoms with van der Waals surface area (Å²) in [5, 5.41) is 18.3. The lowest BCUT2D eigenvalue weighted by atomic mass is 10.2. The SMILES string of the molecule is O=[N+]([O-])c1ccc(/C=N/N=C/c2ccccc2)cc1. The molecular weight excluding hydrogens is 242 g/mol. The molecule has 0 unspecified atom stereocenters. The summed E-state index contributed by atoms with van der Waals surface area (Å²) in [4.78, 5) is 10.0. The number of non-ortho nitro benzene ring substituents is 1. The van der Waals surface area contributed by atoms with Crippen LogP contribution in [0.15, 0.2) is 64.8 Å². The van der Waals surface area contributed by atoms with E-state index in [-0.39, 0.29) is 5.69 Å². The van der Waals surface area contributed by atoms with E-state index in [1.807, 2.05) is 30.3 Å². The lowest BCUT2D eigenvalue weighted by Gasteiger charge is -1.92. The van der Waals surface area contributed by atoms with Crippen LogP contribution in [0.25, 0.3) is 0 Å². The normalized spacial score (nSPS) is 11.2. The van der Waals surface area contributed by atoms with Crippen molar-refractivity contribution in [2.24, 2.45) is 10.2 Å². The Morgan fingerprint density at radius 1 is 0.842 bits per heavy atom. The molecule has 0 radical (unpaired) electrons. The van der Waals surface area contributed by atoms with Crippen LogP contribution in [0, 0.1) is 10.1 Å². The van der Waals surface area contributed by atoms with Crippen LogP contribution >= 0.6 is 0 Å². The predicted molar refractivity (Wildman–Crippen MR) is 74.7 cm³/mol. The van der Waals surface area contributed by atoms with Gasteiger partial charge in [-0.05, 0) is 23.3 Å². The third-order valence-corrected chi connectivity index (χ3v) is 2.38. The van der Waals surface area contributed by atoms with Crippen LogP contribution in [-0.2, 0) is 0 Å². The minimum atomic E-state index is -0.436. The third kappa shape index (κ3) is 3.85. The number of rotatable bonds is 4. The Kier molecular flexibility index (Phi) is 4.12. The van der Waals surface area contributed by atoms with E-state index in [1.54, 1.807) is 24.6 Å². The zero-order chi connectivity index (χ0) is 13.5. The molecule has 0 saturated heterocycles. The van der Waals surface area contributed by atoms with E-state index in [9.17, 15) is 10.1 Å². The largest absolute Gasteiger partial charge is 0.269 e. The number of nitro groups is 1. The Hall–Kier alpha value is -2.82. The molecular formula is C14H11N3O2. The Morgan fingerprint density at radius 2 is 1.37 bits per heavy atom. The van der Waals surface area contributed by atoms with E-state index in [4.69, 9.17) is 0 Å². The van der Waals surface area contributed by atoms with E-state index in [0.717, 1.165) is 11.1 Å². The van der Waals surface area contributed by atoms with Crippen LogP contribution in [0.5, 0.6) is 0 Å². The smallest absolute Gasteiger partial charge is 0.258 e. The molecule has 0 spiro atoms. The van der Waals surface area contributed by atoms with E-state index in [0.29, 0.717) is 0 Å². The van der Waals surface area contributed by atoms with E-state index in [2.05, 4.69) is 10.2 Å². The standard InChI is InChI=1S/C14H11N3O2/c18-17(19)14-8-6-13(7-9-14)11-16-15-10-12-4-2-1-3-5-12/h1-11H/b15-10+,16-11+. The van der Waals surface area contributed by atoms with Gasteiger partial charge in [-0.25, -0.2) is 0 Å². The quantitative estimate of drug-likeness (QED) is 0.477. The first-order valence-electron chi connectivity index (χ1n) is 5.61. The summed E-state index contributed by atoms with van der Waals surface area (Å²) in [6, 6.07) is 15.7. The summed E-state index contributed by atoms with van der Waals surface area (Å²) >= 11 is 0. The summed E-state index contributed by atoms with van der Waals surface area (Å²) in [6.45, 7) is 0. The minimum absolute atomic E-state index is 0.0601. The molecule has 2 aromatic carbocycles. The van der Waals surface area contributed by atoms with Gasteiger partial charge in [-0.15, -0.1) is 0 Å². The number of nitrogens with zero attached hydrogens (tertiary/aromatic N) is 3. The molecule has 0 bridgehead atoms. The van der Waals surface area contributed by atoms with Gasteiger partial charge in [0.25, 0.3) is 5.69 Å². The predicted octanol–water partition coefficient (Wildman–Crippen LogP) is 3.05. The molecule has 2 aromatic rings. The molecule has 0 amide bonds. The molecule has 0 N–H and O–H groups in total. The Morgan fingerprint density at radius 3 is 1.89 bits per heavy atom. The first-order chi connectivity index (χ1) is 9.25. The fourth-order valence-corrected chi connectivity index (χ4v) is 1.42. The summed E-state index contributed by atoms with van der Waals surface area (Å²) in [5.74, 6) is 0. The van der Waals surface area contributed by atoms with E-state index >= 15 is 0 Å². The van der Waals surface area contributed by atoms with Crippen molar-refractivity contribution in [2.75, 3.05) is 0 Å². The zero-order valence-corrected chi connectivity index (χ0v) is 10.0. The molecule has 0 saturated carbocycles. The van der Waals surface area contributed by atoms with Crippen molar-refractivity contribution in [3.05, 3.63) is 75.8 Å². The van der Waals surface area contributed by atoms with Gasteiger partial charge in [0, 0.05) is 12.1 Å². The average Bonchev–Trinajstić information content (AvgIpc) is 2.45. The summed E-state index contributed by atoms with van der Waals surface area (Å²) < 4.78 is 0. The number of nitro benzene ring substituents is 1. The summed E-state index contributed by atoms with van der Waals surface area (Å²) in [5.41, 5.74) is 1.78. The second kappa shape index (κ2) is 6.20. The molecule has 0 aliphatic rings. The molecule has 0 aromatic heterocycles. The van der Waals surface area contributed by atoms with Gasteiger partial charge in [0.05, 0.1) is 17.4 Å². The molecule has 0 heterocycles. The first-order valence-corrected chi connectivity index (χ1v) is 5.61. The number of hydrogen-bond acceptors (Lipinski definition) is 4. The Bertz CT molecular complexity index is 604. The molecule has 0 aliphatic heterocycles. The zero-order valence-electron chi connectivity index (χ0n) is 10.0. The second-order valence-corrected chi connectivity index (χ2v) is 3.75. The molecule has 5 heteroatoms. The maximum Gasteiger partial charge on any atom is 0.269 e. The summed E-state index contributed by atoms with van der Waals surface area (Å²) in [6.07, 6.45) is 3.19. The van der Waals surface area contributed by atoms with Gasteiger partial charge in [-0.1, -0.05) is 30.3 Å². The molecule has 19 heavy (non-hydrogen) atoms. The van der Waals surface area contributed by atoms with Crippen molar-refractivity contribution in [1.82, 2.24) is 0 Å². The molecule has 0 fully saturated rings.